The topological polar surface area (TPSA) is 79.0 Å². The van der Waals surface area contributed by atoms with Gasteiger partial charge < -0.3 is 9.88 Å². The van der Waals surface area contributed by atoms with Gasteiger partial charge in [-0.3, -0.25) is 19.6 Å². The van der Waals surface area contributed by atoms with Gasteiger partial charge in [0.05, 0.1) is 18.8 Å². The van der Waals surface area contributed by atoms with Crippen molar-refractivity contribution in [3.63, 3.8) is 0 Å². The molecule has 0 bridgehead atoms. The quantitative estimate of drug-likeness (QED) is 0.555. The van der Waals surface area contributed by atoms with Crippen LogP contribution in [0.4, 0.5) is 0 Å². The molecule has 0 saturated carbocycles. The number of rotatable bonds is 4. The number of carbonyl (C=O) groups is 2. The Morgan fingerprint density at radius 2 is 1.58 bits per heavy atom. The van der Waals surface area contributed by atoms with Gasteiger partial charge in [0.2, 0.25) is 0 Å². The predicted molar refractivity (Wildman–Crippen MR) is 117 cm³/mol. The normalized spacial score (nSPS) is 13.2. The van der Waals surface area contributed by atoms with Gasteiger partial charge in [-0.2, -0.15) is 0 Å². The Bertz CT molecular complexity index is 1230. The molecule has 152 valence electrons. The first-order valence-electron chi connectivity index (χ1n) is 10.1. The summed E-state index contributed by atoms with van der Waals surface area (Å²) in [5.74, 6) is -0.225. The highest BCUT2D eigenvalue weighted by molar-refractivity contribution is 6.06. The molecule has 3 aromatic heterocycles. The van der Waals surface area contributed by atoms with Gasteiger partial charge in [-0.15, -0.1) is 0 Å². The maximum Gasteiger partial charge on any atom is 0.254 e. The first kappa shape index (κ1) is 18.9. The number of amides is 1. The second-order valence-corrected chi connectivity index (χ2v) is 7.55. The number of hydrogen-bond donors (Lipinski definition) is 1. The predicted octanol–water partition coefficient (Wildman–Crippen LogP) is 3.90. The summed E-state index contributed by atoms with van der Waals surface area (Å²) in [5, 5.41) is 0. The standard InChI is InChI=1S/C25H20N4O2/c30-22-16-29(25(31)19-8-12-27-13-9-19)15-21-23(22)20(14-17-4-2-1-3-5-17)24(28-21)18-6-10-26-11-7-18/h1-13,28H,14-16H2. The molecule has 1 amide bonds. The van der Waals surface area contributed by atoms with Gasteiger partial charge in [-0.1, -0.05) is 30.3 Å². The van der Waals surface area contributed by atoms with Crippen LogP contribution in [0.25, 0.3) is 11.3 Å². The van der Waals surface area contributed by atoms with Crippen molar-refractivity contribution in [2.75, 3.05) is 6.54 Å². The number of aromatic nitrogens is 3. The molecule has 1 aliphatic rings. The van der Waals surface area contributed by atoms with Crippen molar-refractivity contribution in [2.24, 2.45) is 0 Å². The van der Waals surface area contributed by atoms with E-state index < -0.39 is 0 Å². The number of nitrogens with one attached hydrogen (secondary N) is 1. The van der Waals surface area contributed by atoms with Crippen LogP contribution in [-0.4, -0.2) is 38.1 Å². The first-order valence-corrected chi connectivity index (χ1v) is 10.1. The molecular formula is C25H20N4O2. The van der Waals surface area contributed by atoms with E-state index in [-0.39, 0.29) is 18.2 Å². The second-order valence-electron chi connectivity index (χ2n) is 7.55. The summed E-state index contributed by atoms with van der Waals surface area (Å²) >= 11 is 0. The molecule has 1 N–H and O–H groups in total. The van der Waals surface area contributed by atoms with Crippen molar-refractivity contribution in [2.45, 2.75) is 13.0 Å². The molecule has 1 aromatic carbocycles. The Labute approximate surface area is 179 Å². The maximum atomic E-state index is 13.2. The summed E-state index contributed by atoms with van der Waals surface area (Å²) in [6.07, 6.45) is 7.27. The fraction of sp³-hybridized carbons (Fsp3) is 0.120. The van der Waals surface area contributed by atoms with Gasteiger partial charge in [0, 0.05) is 53.6 Å². The molecule has 0 saturated heterocycles. The van der Waals surface area contributed by atoms with Crippen LogP contribution < -0.4 is 0 Å². The van der Waals surface area contributed by atoms with Crippen molar-refractivity contribution in [3.05, 3.63) is 107 Å². The minimum absolute atomic E-state index is 0.0499. The van der Waals surface area contributed by atoms with E-state index >= 15 is 0 Å². The van der Waals surface area contributed by atoms with Crippen LogP contribution in [0.15, 0.2) is 79.4 Å². The lowest BCUT2D eigenvalue weighted by Gasteiger charge is -2.26. The first-order chi connectivity index (χ1) is 15.2. The molecule has 0 fully saturated rings. The number of H-pyrrole nitrogens is 1. The van der Waals surface area contributed by atoms with Crippen LogP contribution in [0.3, 0.4) is 0 Å². The van der Waals surface area contributed by atoms with Crippen LogP contribution in [0, 0.1) is 0 Å². The molecule has 31 heavy (non-hydrogen) atoms. The van der Waals surface area contributed by atoms with E-state index in [1.807, 2.05) is 30.3 Å². The highest BCUT2D eigenvalue weighted by atomic mass is 16.2. The van der Waals surface area contributed by atoms with Gasteiger partial charge >= 0.3 is 0 Å². The van der Waals surface area contributed by atoms with Crippen molar-refractivity contribution < 1.29 is 9.59 Å². The molecule has 6 nitrogen and oxygen atoms in total. The number of carbonyl (C=O) groups excluding carboxylic acids is 2. The Morgan fingerprint density at radius 1 is 0.903 bits per heavy atom. The number of hydrogen-bond acceptors (Lipinski definition) is 4. The minimum atomic E-state index is -0.175. The average molecular weight is 408 g/mol. The van der Waals surface area contributed by atoms with Crippen LogP contribution in [0.1, 0.15) is 37.5 Å². The molecular weight excluding hydrogens is 388 g/mol. The van der Waals surface area contributed by atoms with Crippen LogP contribution in [-0.2, 0) is 13.0 Å². The fourth-order valence-corrected chi connectivity index (χ4v) is 4.11. The lowest BCUT2D eigenvalue weighted by Crippen LogP contribution is -2.39. The molecule has 1 aliphatic heterocycles. The third-order valence-electron chi connectivity index (χ3n) is 5.55. The number of fused-ring (bicyclic) bond motifs is 1. The minimum Gasteiger partial charge on any atom is -0.356 e. The smallest absolute Gasteiger partial charge is 0.254 e. The van der Waals surface area contributed by atoms with Gasteiger partial charge in [-0.05, 0) is 35.4 Å². The third kappa shape index (κ3) is 3.64. The summed E-state index contributed by atoms with van der Waals surface area (Å²) < 4.78 is 0. The summed E-state index contributed by atoms with van der Waals surface area (Å²) in [4.78, 5) is 39.3. The number of nitrogens with zero attached hydrogens (tertiary/aromatic N) is 3. The van der Waals surface area contributed by atoms with Crippen molar-refractivity contribution in [3.8, 4) is 11.3 Å². The van der Waals surface area contributed by atoms with E-state index in [0.29, 0.717) is 24.1 Å². The van der Waals surface area contributed by atoms with Crippen molar-refractivity contribution in [1.29, 1.82) is 0 Å². The lowest BCUT2D eigenvalue weighted by atomic mass is 9.93. The van der Waals surface area contributed by atoms with Crippen molar-refractivity contribution >= 4 is 11.7 Å². The molecule has 0 unspecified atom stereocenters. The summed E-state index contributed by atoms with van der Waals surface area (Å²) in [5.41, 5.74) is 5.97. The molecule has 0 spiro atoms. The lowest BCUT2D eigenvalue weighted by molar-refractivity contribution is 0.0677. The van der Waals surface area contributed by atoms with Gasteiger partial charge in [0.1, 0.15) is 0 Å². The molecule has 0 radical (unpaired) electrons. The zero-order valence-electron chi connectivity index (χ0n) is 16.8. The van der Waals surface area contributed by atoms with E-state index in [1.54, 1.807) is 41.8 Å². The van der Waals surface area contributed by atoms with Gasteiger partial charge in [0.25, 0.3) is 5.91 Å². The number of benzene rings is 1. The number of ketones is 1. The monoisotopic (exact) mass is 408 g/mol. The molecule has 6 heteroatoms. The Morgan fingerprint density at radius 3 is 2.29 bits per heavy atom. The molecule has 0 atom stereocenters. The number of aromatic amines is 1. The molecule has 0 aliphatic carbocycles. The van der Waals surface area contributed by atoms with Crippen LogP contribution in [0.5, 0.6) is 0 Å². The van der Waals surface area contributed by atoms with Gasteiger partial charge in [-0.25, -0.2) is 0 Å². The zero-order chi connectivity index (χ0) is 21.2. The Balaban J connectivity index is 1.56. The van der Waals surface area contributed by atoms with E-state index in [4.69, 9.17) is 0 Å². The number of pyridine rings is 2. The highest BCUT2D eigenvalue weighted by Gasteiger charge is 2.32. The van der Waals surface area contributed by atoms with E-state index in [2.05, 4.69) is 27.1 Å². The molecule has 5 rings (SSSR count). The van der Waals surface area contributed by atoms with E-state index in [0.717, 1.165) is 28.1 Å². The molecule has 4 heterocycles. The van der Waals surface area contributed by atoms with Crippen molar-refractivity contribution in [1.82, 2.24) is 19.9 Å². The van der Waals surface area contributed by atoms with Crippen LogP contribution in [0.2, 0.25) is 0 Å². The average Bonchev–Trinajstić information content (AvgIpc) is 3.19. The van der Waals surface area contributed by atoms with Gasteiger partial charge in [0.15, 0.2) is 5.78 Å². The van der Waals surface area contributed by atoms with E-state index in [1.165, 1.54) is 0 Å². The Kier molecular flexibility index (Phi) is 4.88. The second kappa shape index (κ2) is 7.99. The molecule has 4 aromatic rings. The van der Waals surface area contributed by atoms with E-state index in [9.17, 15) is 9.59 Å². The largest absolute Gasteiger partial charge is 0.356 e. The summed E-state index contributed by atoms with van der Waals surface area (Å²) in [6.45, 7) is 0.415. The maximum absolute atomic E-state index is 13.2. The third-order valence-corrected chi connectivity index (χ3v) is 5.55. The Hall–Kier alpha value is -4.06. The van der Waals surface area contributed by atoms with Crippen LogP contribution >= 0.6 is 0 Å². The SMILES string of the molecule is O=C1CN(C(=O)c2ccncc2)Cc2[nH]c(-c3ccncc3)c(Cc3ccccc3)c21. The number of Topliss-reactive ketones (excluding diaryl/α,β-unsaturated/α-hetero) is 1. The summed E-state index contributed by atoms with van der Waals surface area (Å²) in [7, 11) is 0. The fourth-order valence-electron chi connectivity index (χ4n) is 4.11. The highest BCUT2D eigenvalue weighted by Crippen LogP contribution is 2.33. The zero-order valence-corrected chi connectivity index (χ0v) is 16.8. The summed E-state index contributed by atoms with van der Waals surface area (Å²) in [6, 6.07) is 17.3.